The smallest absolute Gasteiger partial charge is 0.433 e. The van der Waals surface area contributed by atoms with Crippen molar-refractivity contribution in [2.24, 2.45) is 5.41 Å². The molecule has 1 aliphatic heterocycles. The van der Waals surface area contributed by atoms with Crippen molar-refractivity contribution in [2.45, 2.75) is 83.7 Å². The number of hydrogen-bond donors (Lipinski definition) is 1. The van der Waals surface area contributed by atoms with Gasteiger partial charge in [0, 0.05) is 13.0 Å². The minimum absolute atomic E-state index is 0.0259. The molecule has 1 aliphatic carbocycles. The van der Waals surface area contributed by atoms with E-state index in [-0.39, 0.29) is 47.8 Å². The number of carbonyl (C=O) groups excluding carboxylic acids is 2. The highest BCUT2D eigenvalue weighted by atomic mass is 35.5. The molecule has 13 heteroatoms. The lowest BCUT2D eigenvalue weighted by Crippen LogP contribution is -2.53. The second-order valence-corrected chi connectivity index (χ2v) is 12.7. The number of hydrogen-bond acceptors (Lipinski definition) is 5. The highest BCUT2D eigenvalue weighted by molar-refractivity contribution is 6.40. The lowest BCUT2D eigenvalue weighted by Gasteiger charge is -2.44. The second-order valence-electron chi connectivity index (χ2n) is 11.9. The minimum Gasteiger partial charge on any atom is -0.481 e. The van der Waals surface area contributed by atoms with Gasteiger partial charge in [0.25, 0.3) is 5.91 Å². The number of aliphatic carboxylic acids is 1. The third-order valence-electron chi connectivity index (χ3n) is 7.93. The Kier molecular flexibility index (Phi) is 8.57. The van der Waals surface area contributed by atoms with Crippen LogP contribution in [0.4, 0.5) is 13.2 Å². The topological polar surface area (TPSA) is 102 Å². The maximum Gasteiger partial charge on any atom is 0.433 e. The lowest BCUT2D eigenvalue weighted by molar-refractivity contribution is -0.187. The Bertz CT molecular complexity index is 1340. The summed E-state index contributed by atoms with van der Waals surface area (Å²) in [6.45, 7) is 6.29. The quantitative estimate of drug-likeness (QED) is 0.334. The van der Waals surface area contributed by atoms with Gasteiger partial charge in [-0.05, 0) is 71.1 Å². The van der Waals surface area contributed by atoms with Crippen LogP contribution in [-0.4, -0.2) is 62.2 Å². The summed E-state index contributed by atoms with van der Waals surface area (Å²) in [4.78, 5) is 39.7. The summed E-state index contributed by atoms with van der Waals surface area (Å²) in [5.41, 5.74) is -2.74. The first kappa shape index (κ1) is 31.3. The number of carboxylic acid groups (broad SMARTS) is 1. The van der Waals surface area contributed by atoms with Crippen LogP contribution in [0, 0.1) is 12.3 Å². The molecule has 41 heavy (non-hydrogen) atoms. The summed E-state index contributed by atoms with van der Waals surface area (Å²) in [6.07, 6.45) is -3.39. The van der Waals surface area contributed by atoms with Gasteiger partial charge in [-0.3, -0.25) is 19.1 Å². The summed E-state index contributed by atoms with van der Waals surface area (Å²) in [5.74, 6) is -2.66. The van der Waals surface area contributed by atoms with Crippen molar-refractivity contribution < 1.29 is 37.4 Å². The molecular formula is C28H32Cl2F3N3O5. The van der Waals surface area contributed by atoms with Crippen LogP contribution in [0.2, 0.25) is 10.0 Å². The number of benzene rings is 1. The molecule has 1 aromatic carbocycles. The fraction of sp³-hybridized carbons (Fsp3) is 0.571. The van der Waals surface area contributed by atoms with Crippen LogP contribution in [-0.2, 0) is 15.7 Å². The van der Waals surface area contributed by atoms with Gasteiger partial charge in [-0.1, -0.05) is 23.2 Å². The van der Waals surface area contributed by atoms with Crippen molar-refractivity contribution >= 4 is 40.9 Å². The first-order valence-corrected chi connectivity index (χ1v) is 14.0. The molecule has 2 aliphatic rings. The van der Waals surface area contributed by atoms with E-state index in [1.54, 1.807) is 13.8 Å². The minimum atomic E-state index is -4.94. The molecule has 1 aromatic heterocycles. The summed E-state index contributed by atoms with van der Waals surface area (Å²) in [5, 5.41) is 13.6. The van der Waals surface area contributed by atoms with Crippen LogP contribution >= 0.6 is 23.2 Å². The summed E-state index contributed by atoms with van der Waals surface area (Å²) < 4.78 is 50.0. The highest BCUT2D eigenvalue weighted by Crippen LogP contribution is 2.43. The van der Waals surface area contributed by atoms with Crippen molar-refractivity contribution in [1.29, 1.82) is 0 Å². The highest BCUT2D eigenvalue weighted by Gasteiger charge is 2.46. The molecule has 2 aromatic rings. The number of ether oxygens (including phenoxy) is 1. The van der Waals surface area contributed by atoms with Gasteiger partial charge < -0.3 is 14.7 Å². The standard InChI is InChI=1S/C28H32Cl2F3N3O5/c1-15-9-19(29)22(20(30)10-15)21(37)14-35(13-17-11-26(2,3)41-17)24(38)18-12-34-36(23(18)28(31,32)33)16-5-7-27(4,8-6-16)25(39)40/h9-10,12,16-17H,5-8,11,13-14H2,1-4H3,(H,39,40)/t16?,17-,27?/m0/s1. The number of carboxylic acids is 1. The zero-order valence-corrected chi connectivity index (χ0v) is 24.7. The molecule has 1 N–H and O–H groups in total. The fourth-order valence-corrected chi connectivity index (χ4v) is 6.53. The number of rotatable bonds is 8. The molecular weight excluding hydrogens is 586 g/mol. The van der Waals surface area contributed by atoms with Crippen molar-refractivity contribution in [3.05, 3.63) is 50.8 Å². The maximum atomic E-state index is 14.5. The van der Waals surface area contributed by atoms with Gasteiger partial charge in [-0.15, -0.1) is 0 Å². The van der Waals surface area contributed by atoms with Crippen molar-refractivity contribution in [2.75, 3.05) is 13.1 Å². The van der Waals surface area contributed by atoms with Gasteiger partial charge >= 0.3 is 12.1 Å². The van der Waals surface area contributed by atoms with E-state index in [0.29, 0.717) is 12.0 Å². The van der Waals surface area contributed by atoms with Crippen LogP contribution in [0.3, 0.4) is 0 Å². The Balaban J connectivity index is 1.66. The number of ketones is 1. The van der Waals surface area contributed by atoms with Gasteiger partial charge in [-0.25, -0.2) is 0 Å². The van der Waals surface area contributed by atoms with E-state index in [1.165, 1.54) is 12.1 Å². The number of nitrogens with zero attached hydrogens (tertiary/aromatic N) is 3. The molecule has 224 valence electrons. The zero-order valence-electron chi connectivity index (χ0n) is 23.1. The molecule has 0 unspecified atom stereocenters. The van der Waals surface area contributed by atoms with Gasteiger partial charge in [-0.2, -0.15) is 18.3 Å². The third-order valence-corrected chi connectivity index (χ3v) is 8.53. The number of Topliss-reactive ketones (excluding diaryl/α,β-unsaturated/α-hetero) is 1. The number of aromatic nitrogens is 2. The van der Waals surface area contributed by atoms with Gasteiger partial charge in [0.2, 0.25) is 0 Å². The van der Waals surface area contributed by atoms with Crippen LogP contribution in [0.25, 0.3) is 0 Å². The summed E-state index contributed by atoms with van der Waals surface area (Å²) in [6, 6.07) is 2.34. The Labute approximate surface area is 245 Å². The first-order chi connectivity index (χ1) is 18.9. The van der Waals surface area contributed by atoms with Crippen molar-refractivity contribution in [3.8, 4) is 0 Å². The van der Waals surface area contributed by atoms with E-state index < -0.39 is 64.8 Å². The van der Waals surface area contributed by atoms with E-state index >= 15 is 0 Å². The normalized spacial score (nSPS) is 24.0. The Hall–Kier alpha value is -2.63. The van der Waals surface area contributed by atoms with E-state index in [0.717, 1.165) is 15.8 Å². The van der Waals surface area contributed by atoms with Crippen molar-refractivity contribution in [1.82, 2.24) is 14.7 Å². The van der Waals surface area contributed by atoms with Gasteiger partial charge in [0.05, 0.1) is 57.1 Å². The van der Waals surface area contributed by atoms with E-state index in [1.807, 2.05) is 13.8 Å². The Morgan fingerprint density at radius 1 is 1.15 bits per heavy atom. The predicted molar refractivity (Wildman–Crippen MR) is 145 cm³/mol. The maximum absolute atomic E-state index is 14.5. The average molecular weight is 618 g/mol. The number of halogens is 5. The third kappa shape index (κ3) is 6.57. The number of carbonyl (C=O) groups is 3. The molecule has 4 rings (SSSR count). The van der Waals surface area contributed by atoms with E-state index in [9.17, 15) is 32.7 Å². The molecule has 1 atom stereocenters. The number of amides is 1. The molecule has 0 bridgehead atoms. The molecule has 1 amide bonds. The Morgan fingerprint density at radius 2 is 1.71 bits per heavy atom. The lowest BCUT2D eigenvalue weighted by atomic mass is 9.74. The van der Waals surface area contributed by atoms with E-state index in [2.05, 4.69) is 5.10 Å². The van der Waals surface area contributed by atoms with Gasteiger partial charge in [0.15, 0.2) is 11.5 Å². The molecule has 0 radical (unpaired) electrons. The summed E-state index contributed by atoms with van der Waals surface area (Å²) in [7, 11) is 0. The monoisotopic (exact) mass is 617 g/mol. The van der Waals surface area contributed by atoms with Gasteiger partial charge in [0.1, 0.15) is 0 Å². The molecule has 2 fully saturated rings. The molecule has 8 nitrogen and oxygen atoms in total. The Morgan fingerprint density at radius 3 is 2.20 bits per heavy atom. The van der Waals surface area contributed by atoms with Crippen LogP contribution in [0.15, 0.2) is 18.3 Å². The zero-order chi connectivity index (χ0) is 30.5. The predicted octanol–water partition coefficient (Wildman–Crippen LogP) is 6.62. The average Bonchev–Trinajstić information content (AvgIpc) is 3.27. The number of aryl methyl sites for hydroxylation is 1. The molecule has 2 heterocycles. The summed E-state index contributed by atoms with van der Waals surface area (Å²) >= 11 is 12.5. The molecule has 0 spiro atoms. The fourth-order valence-electron chi connectivity index (χ4n) is 5.72. The first-order valence-electron chi connectivity index (χ1n) is 13.3. The number of alkyl halides is 3. The van der Waals surface area contributed by atoms with Crippen LogP contribution < -0.4 is 0 Å². The second kappa shape index (κ2) is 11.2. The molecule has 1 saturated carbocycles. The van der Waals surface area contributed by atoms with Crippen LogP contribution in [0.1, 0.15) is 90.9 Å². The van der Waals surface area contributed by atoms with Crippen LogP contribution in [0.5, 0.6) is 0 Å². The SMILES string of the molecule is Cc1cc(Cl)c(C(=O)CN(C[C@@H]2CC(C)(C)O2)C(=O)c2cnn(C3CCC(C)(C(=O)O)CC3)c2C(F)(F)F)c(Cl)c1. The van der Waals surface area contributed by atoms with Crippen molar-refractivity contribution in [3.63, 3.8) is 0 Å². The largest absolute Gasteiger partial charge is 0.481 e. The van der Waals surface area contributed by atoms with E-state index in [4.69, 9.17) is 27.9 Å². The molecule has 1 saturated heterocycles.